The van der Waals surface area contributed by atoms with E-state index in [0.29, 0.717) is 5.88 Å². The van der Waals surface area contributed by atoms with Gasteiger partial charge in [-0.1, -0.05) is 30.3 Å². The van der Waals surface area contributed by atoms with Gasteiger partial charge in [0.15, 0.2) is 5.88 Å². The number of benzene rings is 1. The molecule has 0 amide bonds. The number of aliphatic hydroxyl groups excluding tert-OH is 1. The van der Waals surface area contributed by atoms with Crippen LogP contribution in [-0.2, 0) is 5.54 Å². The lowest BCUT2D eigenvalue weighted by Crippen LogP contribution is -2.35. The highest BCUT2D eigenvalue weighted by atomic mass is 16.4. The summed E-state index contributed by atoms with van der Waals surface area (Å²) in [6.07, 6.45) is 0. The van der Waals surface area contributed by atoms with E-state index in [9.17, 15) is 9.90 Å². The lowest BCUT2D eigenvalue weighted by atomic mass is 9.93. The first-order chi connectivity index (χ1) is 9.05. The molecule has 0 radical (unpaired) electrons. The van der Waals surface area contributed by atoms with Gasteiger partial charge in [0, 0.05) is 6.07 Å². The molecule has 0 aliphatic rings. The summed E-state index contributed by atoms with van der Waals surface area (Å²) in [5, 5.41) is 21.4. The number of furan rings is 1. The normalized spacial score (nSPS) is 13.8. The Morgan fingerprint density at radius 2 is 1.95 bits per heavy atom. The molecule has 100 valence electrons. The third kappa shape index (κ3) is 2.77. The fourth-order valence-electron chi connectivity index (χ4n) is 1.80. The average molecular weight is 261 g/mol. The second kappa shape index (κ2) is 5.16. The summed E-state index contributed by atoms with van der Waals surface area (Å²) >= 11 is 0. The quantitative estimate of drug-likeness (QED) is 0.769. The molecule has 2 aromatic rings. The lowest BCUT2D eigenvalue weighted by Gasteiger charge is -2.29. The van der Waals surface area contributed by atoms with E-state index >= 15 is 0 Å². The van der Waals surface area contributed by atoms with Crippen LogP contribution in [0, 0.1) is 0 Å². The Kier molecular flexibility index (Phi) is 3.57. The Balaban J connectivity index is 2.25. The molecule has 0 saturated heterocycles. The Hall–Kier alpha value is -2.27. The minimum atomic E-state index is -1.13. The van der Waals surface area contributed by atoms with Gasteiger partial charge in [0.05, 0.1) is 12.1 Å². The van der Waals surface area contributed by atoms with E-state index in [0.717, 1.165) is 5.56 Å². The van der Waals surface area contributed by atoms with E-state index in [2.05, 4.69) is 5.32 Å². The molecule has 19 heavy (non-hydrogen) atoms. The van der Waals surface area contributed by atoms with Crippen LogP contribution in [-0.4, -0.2) is 22.8 Å². The predicted molar refractivity (Wildman–Crippen MR) is 70.2 cm³/mol. The maximum atomic E-state index is 10.7. The molecule has 1 aromatic carbocycles. The zero-order chi connectivity index (χ0) is 13.9. The van der Waals surface area contributed by atoms with Crippen molar-refractivity contribution in [2.45, 2.75) is 12.5 Å². The van der Waals surface area contributed by atoms with Gasteiger partial charge in [-0.25, -0.2) is 4.79 Å². The highest BCUT2D eigenvalue weighted by molar-refractivity contribution is 5.84. The molecule has 2 rings (SSSR count). The molecule has 1 heterocycles. The van der Waals surface area contributed by atoms with E-state index in [1.54, 1.807) is 0 Å². The molecule has 0 spiro atoms. The fourth-order valence-corrected chi connectivity index (χ4v) is 1.80. The van der Waals surface area contributed by atoms with Crippen molar-refractivity contribution in [2.75, 3.05) is 11.9 Å². The third-order valence-electron chi connectivity index (χ3n) is 2.94. The summed E-state index contributed by atoms with van der Waals surface area (Å²) in [7, 11) is 0. The van der Waals surface area contributed by atoms with Crippen molar-refractivity contribution in [3.63, 3.8) is 0 Å². The largest absolute Gasteiger partial charge is 0.475 e. The zero-order valence-electron chi connectivity index (χ0n) is 10.5. The van der Waals surface area contributed by atoms with Gasteiger partial charge in [-0.15, -0.1) is 0 Å². The molecule has 0 bridgehead atoms. The Morgan fingerprint density at radius 1 is 1.26 bits per heavy atom. The number of carbonyl (C=O) groups is 1. The Morgan fingerprint density at radius 3 is 2.47 bits per heavy atom. The average Bonchev–Trinajstić information content (AvgIpc) is 2.88. The molecule has 1 unspecified atom stereocenters. The molecule has 0 aliphatic carbocycles. The number of hydrogen-bond acceptors (Lipinski definition) is 4. The van der Waals surface area contributed by atoms with Crippen LogP contribution in [0.2, 0.25) is 0 Å². The molecule has 5 nitrogen and oxygen atoms in total. The van der Waals surface area contributed by atoms with Crippen LogP contribution < -0.4 is 5.32 Å². The first-order valence-electron chi connectivity index (χ1n) is 5.83. The van der Waals surface area contributed by atoms with Gasteiger partial charge in [-0.05, 0) is 18.6 Å². The van der Waals surface area contributed by atoms with Crippen molar-refractivity contribution in [3.05, 3.63) is 53.8 Å². The van der Waals surface area contributed by atoms with E-state index in [4.69, 9.17) is 9.52 Å². The summed E-state index contributed by atoms with van der Waals surface area (Å²) < 4.78 is 5.14. The van der Waals surface area contributed by atoms with Gasteiger partial charge in [0.1, 0.15) is 0 Å². The molecular weight excluding hydrogens is 246 g/mol. The van der Waals surface area contributed by atoms with Crippen LogP contribution in [0.3, 0.4) is 0 Å². The lowest BCUT2D eigenvalue weighted by molar-refractivity contribution is 0.0663. The number of carboxylic acids is 1. The van der Waals surface area contributed by atoms with Crippen LogP contribution in [0.1, 0.15) is 23.0 Å². The summed E-state index contributed by atoms with van der Waals surface area (Å²) in [5.41, 5.74) is 0.139. The maximum Gasteiger partial charge on any atom is 0.371 e. The van der Waals surface area contributed by atoms with Gasteiger partial charge in [-0.3, -0.25) is 0 Å². The first kappa shape index (κ1) is 13.2. The minimum Gasteiger partial charge on any atom is -0.475 e. The Bertz CT molecular complexity index is 564. The first-order valence-corrected chi connectivity index (χ1v) is 5.83. The molecular formula is C14H15NO4. The van der Waals surface area contributed by atoms with Crippen molar-refractivity contribution >= 4 is 11.9 Å². The van der Waals surface area contributed by atoms with Crippen molar-refractivity contribution < 1.29 is 19.4 Å². The number of hydrogen-bond donors (Lipinski definition) is 3. The monoisotopic (exact) mass is 261 g/mol. The van der Waals surface area contributed by atoms with E-state index < -0.39 is 11.5 Å². The zero-order valence-corrected chi connectivity index (χ0v) is 10.5. The van der Waals surface area contributed by atoms with Gasteiger partial charge in [0.2, 0.25) is 5.76 Å². The molecule has 0 aliphatic heterocycles. The molecule has 5 heteroatoms. The number of anilines is 1. The summed E-state index contributed by atoms with van der Waals surface area (Å²) in [5.74, 6) is -0.966. The highest BCUT2D eigenvalue weighted by Crippen LogP contribution is 2.26. The number of carboxylic acid groups (broad SMARTS) is 1. The van der Waals surface area contributed by atoms with Gasteiger partial charge in [-0.2, -0.15) is 0 Å². The van der Waals surface area contributed by atoms with Crippen molar-refractivity contribution in [1.82, 2.24) is 0 Å². The number of aliphatic hydroxyl groups is 1. The predicted octanol–water partition coefficient (Wildman–Crippen LogP) is 2.30. The van der Waals surface area contributed by atoms with E-state index in [-0.39, 0.29) is 12.4 Å². The van der Waals surface area contributed by atoms with Crippen LogP contribution in [0.25, 0.3) is 0 Å². The van der Waals surface area contributed by atoms with Crippen LogP contribution in [0.15, 0.2) is 46.9 Å². The van der Waals surface area contributed by atoms with Crippen LogP contribution in [0.5, 0.6) is 0 Å². The topological polar surface area (TPSA) is 82.7 Å². The molecule has 1 atom stereocenters. The Labute approximate surface area is 110 Å². The van der Waals surface area contributed by atoms with Crippen molar-refractivity contribution in [3.8, 4) is 0 Å². The van der Waals surface area contributed by atoms with Gasteiger partial charge >= 0.3 is 5.97 Å². The maximum absolute atomic E-state index is 10.7. The minimum absolute atomic E-state index is 0.143. The number of rotatable bonds is 5. The van der Waals surface area contributed by atoms with E-state index in [1.807, 2.05) is 37.3 Å². The summed E-state index contributed by atoms with van der Waals surface area (Å²) in [6, 6.07) is 12.3. The smallest absolute Gasteiger partial charge is 0.371 e. The second-order valence-corrected chi connectivity index (χ2v) is 4.45. The standard InChI is InChI=1S/C14H15NO4/c1-14(9-16,10-5-3-2-4-6-10)15-12-8-7-11(19-12)13(17)18/h2-8,15-16H,9H2,1H3,(H,17,18). The molecule has 3 N–H and O–H groups in total. The number of aromatic carboxylic acids is 1. The summed E-state index contributed by atoms with van der Waals surface area (Å²) in [4.78, 5) is 10.7. The van der Waals surface area contributed by atoms with Crippen molar-refractivity contribution in [2.24, 2.45) is 0 Å². The summed E-state index contributed by atoms with van der Waals surface area (Å²) in [6.45, 7) is 1.66. The van der Waals surface area contributed by atoms with Crippen LogP contribution >= 0.6 is 0 Å². The fraction of sp³-hybridized carbons (Fsp3) is 0.214. The SMILES string of the molecule is CC(CO)(Nc1ccc(C(=O)O)o1)c1ccccc1. The molecule has 0 fully saturated rings. The van der Waals surface area contributed by atoms with Gasteiger partial charge < -0.3 is 19.9 Å². The highest BCUT2D eigenvalue weighted by Gasteiger charge is 2.26. The molecule has 0 saturated carbocycles. The second-order valence-electron chi connectivity index (χ2n) is 4.45. The van der Waals surface area contributed by atoms with E-state index in [1.165, 1.54) is 12.1 Å². The number of nitrogens with one attached hydrogen (secondary N) is 1. The van der Waals surface area contributed by atoms with Crippen LogP contribution in [0.4, 0.5) is 5.88 Å². The van der Waals surface area contributed by atoms with Gasteiger partial charge in [0.25, 0.3) is 0 Å². The third-order valence-corrected chi connectivity index (χ3v) is 2.94. The molecule has 1 aromatic heterocycles. The van der Waals surface area contributed by atoms with Crippen molar-refractivity contribution in [1.29, 1.82) is 0 Å².